The largest absolute Gasteiger partial charge is 0.339 e. The topological polar surface area (TPSA) is 61.4 Å². The molecule has 4 rings (SSSR count). The molecule has 0 bridgehead atoms. The summed E-state index contributed by atoms with van der Waals surface area (Å²) in [6, 6.07) is 6.50. The van der Waals surface area contributed by atoms with Crippen molar-refractivity contribution >= 4 is 11.9 Å². The maximum atomic E-state index is 13.1. The molecule has 6 heteroatoms. The van der Waals surface area contributed by atoms with E-state index in [2.05, 4.69) is 10.6 Å². The minimum atomic E-state index is -0.270. The summed E-state index contributed by atoms with van der Waals surface area (Å²) in [4.78, 5) is 26.2. The van der Waals surface area contributed by atoms with Gasteiger partial charge in [0.1, 0.15) is 5.82 Å². The van der Waals surface area contributed by atoms with Crippen LogP contribution >= 0.6 is 0 Å². The van der Waals surface area contributed by atoms with E-state index in [-0.39, 0.29) is 29.7 Å². The Morgan fingerprint density at radius 1 is 1.20 bits per heavy atom. The number of nitrogens with one attached hydrogen (secondary N) is 2. The third-order valence-electron chi connectivity index (χ3n) is 5.39. The highest BCUT2D eigenvalue weighted by molar-refractivity contribution is 5.79. The van der Waals surface area contributed by atoms with Crippen molar-refractivity contribution in [3.05, 3.63) is 35.6 Å². The van der Waals surface area contributed by atoms with Gasteiger partial charge in [-0.1, -0.05) is 12.1 Å². The van der Waals surface area contributed by atoms with E-state index < -0.39 is 0 Å². The lowest BCUT2D eigenvalue weighted by molar-refractivity contribution is -0.128. The second kappa shape index (κ2) is 6.65. The summed E-state index contributed by atoms with van der Waals surface area (Å²) in [6.07, 6.45) is 4.92. The molecular weight excluding hydrogens is 321 g/mol. The number of hydrogen-bond acceptors (Lipinski definition) is 2. The summed E-state index contributed by atoms with van der Waals surface area (Å²) in [7, 11) is 0. The van der Waals surface area contributed by atoms with Gasteiger partial charge in [-0.25, -0.2) is 9.18 Å². The molecule has 0 unspecified atom stereocenters. The molecule has 25 heavy (non-hydrogen) atoms. The molecule has 5 nitrogen and oxygen atoms in total. The number of carbonyl (C=O) groups is 2. The minimum Gasteiger partial charge on any atom is -0.339 e. The molecule has 0 radical (unpaired) electrons. The van der Waals surface area contributed by atoms with Gasteiger partial charge in [-0.2, -0.15) is 0 Å². The van der Waals surface area contributed by atoms with Gasteiger partial charge in [-0.3, -0.25) is 4.79 Å². The first kappa shape index (κ1) is 16.4. The van der Waals surface area contributed by atoms with Crippen LogP contribution in [0.4, 0.5) is 9.18 Å². The predicted octanol–water partition coefficient (Wildman–Crippen LogP) is 2.59. The van der Waals surface area contributed by atoms with Crippen LogP contribution in [0.5, 0.6) is 0 Å². The quantitative estimate of drug-likeness (QED) is 0.832. The van der Waals surface area contributed by atoms with Crippen molar-refractivity contribution in [1.29, 1.82) is 0 Å². The van der Waals surface area contributed by atoms with E-state index in [9.17, 15) is 14.0 Å². The van der Waals surface area contributed by atoms with Crippen LogP contribution in [0.3, 0.4) is 0 Å². The van der Waals surface area contributed by atoms with Crippen LogP contribution in [0.25, 0.3) is 0 Å². The van der Waals surface area contributed by atoms with Gasteiger partial charge in [0.05, 0.1) is 6.04 Å². The Kier molecular flexibility index (Phi) is 4.36. The van der Waals surface area contributed by atoms with Crippen LogP contribution in [0, 0.1) is 17.7 Å². The molecule has 134 valence electrons. The van der Waals surface area contributed by atoms with Crippen molar-refractivity contribution in [2.75, 3.05) is 13.1 Å². The Morgan fingerprint density at radius 3 is 2.56 bits per heavy atom. The average molecular weight is 345 g/mol. The van der Waals surface area contributed by atoms with Gasteiger partial charge >= 0.3 is 6.03 Å². The number of hydrogen-bond donors (Lipinski definition) is 2. The molecule has 1 aromatic carbocycles. The van der Waals surface area contributed by atoms with Crippen molar-refractivity contribution in [3.63, 3.8) is 0 Å². The smallest absolute Gasteiger partial charge is 0.315 e. The zero-order valence-electron chi connectivity index (χ0n) is 14.2. The molecule has 2 atom stereocenters. The van der Waals surface area contributed by atoms with E-state index in [0.29, 0.717) is 24.9 Å². The third-order valence-corrected chi connectivity index (χ3v) is 5.39. The maximum Gasteiger partial charge on any atom is 0.315 e. The molecule has 2 aliphatic carbocycles. The van der Waals surface area contributed by atoms with Gasteiger partial charge < -0.3 is 15.5 Å². The number of nitrogens with zero attached hydrogens (tertiary/aromatic N) is 1. The standard InChI is InChI=1S/C19H24FN3O2/c20-15-5-3-14(4-6-15)18(13-1-2-13)22-19(25)21-10-12-9-17(24)23(11-12)16-7-8-16/h3-6,12-13,16,18H,1-2,7-11H2,(H2,21,22,25)/t12-,18-/m0/s1. The highest BCUT2D eigenvalue weighted by Crippen LogP contribution is 2.41. The van der Waals surface area contributed by atoms with E-state index in [1.807, 2.05) is 4.90 Å². The summed E-state index contributed by atoms with van der Waals surface area (Å²) >= 11 is 0. The van der Waals surface area contributed by atoms with E-state index in [0.717, 1.165) is 37.8 Å². The fraction of sp³-hybridized carbons (Fsp3) is 0.579. The van der Waals surface area contributed by atoms with Gasteiger partial charge in [0, 0.05) is 31.5 Å². The first-order chi connectivity index (χ1) is 12.1. The number of halogens is 1. The maximum absolute atomic E-state index is 13.1. The molecule has 1 aliphatic heterocycles. The van der Waals surface area contributed by atoms with E-state index >= 15 is 0 Å². The van der Waals surface area contributed by atoms with E-state index in [1.54, 1.807) is 12.1 Å². The Hall–Kier alpha value is -2.11. The second-order valence-corrected chi connectivity index (χ2v) is 7.57. The zero-order chi connectivity index (χ0) is 17.4. The molecular formula is C19H24FN3O2. The van der Waals surface area contributed by atoms with Crippen molar-refractivity contribution < 1.29 is 14.0 Å². The van der Waals surface area contributed by atoms with Crippen LogP contribution in [0.1, 0.15) is 43.7 Å². The van der Waals surface area contributed by atoms with Gasteiger partial charge in [-0.05, 0) is 49.3 Å². The van der Waals surface area contributed by atoms with Crippen molar-refractivity contribution in [1.82, 2.24) is 15.5 Å². The Balaban J connectivity index is 1.29. The molecule has 2 N–H and O–H groups in total. The number of rotatable bonds is 6. The minimum absolute atomic E-state index is 0.0752. The van der Waals surface area contributed by atoms with E-state index in [1.165, 1.54) is 12.1 Å². The van der Waals surface area contributed by atoms with Crippen LogP contribution in [-0.4, -0.2) is 36.0 Å². The Morgan fingerprint density at radius 2 is 1.92 bits per heavy atom. The normalized spacial score (nSPS) is 24.3. The van der Waals surface area contributed by atoms with Gasteiger partial charge in [0.15, 0.2) is 0 Å². The van der Waals surface area contributed by atoms with Crippen molar-refractivity contribution in [2.45, 2.75) is 44.2 Å². The third kappa shape index (κ3) is 3.94. The monoisotopic (exact) mass is 345 g/mol. The first-order valence-corrected chi connectivity index (χ1v) is 9.19. The molecule has 3 aliphatic rings. The lowest BCUT2D eigenvalue weighted by atomic mass is 10.0. The summed E-state index contributed by atoms with van der Waals surface area (Å²) < 4.78 is 13.1. The molecule has 1 saturated heterocycles. The molecule has 3 fully saturated rings. The van der Waals surface area contributed by atoms with Gasteiger partial charge in [-0.15, -0.1) is 0 Å². The summed E-state index contributed by atoms with van der Waals surface area (Å²) in [6.45, 7) is 1.27. The highest BCUT2D eigenvalue weighted by Gasteiger charge is 2.39. The number of carbonyl (C=O) groups excluding carboxylic acids is 2. The first-order valence-electron chi connectivity index (χ1n) is 9.19. The highest BCUT2D eigenvalue weighted by atomic mass is 19.1. The summed E-state index contributed by atoms with van der Waals surface area (Å²) in [5, 5.41) is 5.94. The summed E-state index contributed by atoms with van der Waals surface area (Å²) in [5.74, 6) is 0.574. The molecule has 1 aromatic rings. The van der Waals surface area contributed by atoms with Crippen LogP contribution in [-0.2, 0) is 4.79 Å². The van der Waals surface area contributed by atoms with Crippen molar-refractivity contribution in [2.24, 2.45) is 11.8 Å². The Bertz CT molecular complexity index is 655. The van der Waals surface area contributed by atoms with Crippen LogP contribution < -0.4 is 10.6 Å². The van der Waals surface area contributed by atoms with Crippen molar-refractivity contribution in [3.8, 4) is 0 Å². The summed E-state index contributed by atoms with van der Waals surface area (Å²) in [5.41, 5.74) is 0.940. The molecule has 0 aromatic heterocycles. The molecule has 3 amide bonds. The fourth-order valence-corrected chi connectivity index (χ4v) is 3.69. The van der Waals surface area contributed by atoms with Gasteiger partial charge in [0.2, 0.25) is 5.91 Å². The predicted molar refractivity (Wildman–Crippen MR) is 91.2 cm³/mol. The van der Waals surface area contributed by atoms with E-state index in [4.69, 9.17) is 0 Å². The number of likely N-dealkylation sites (tertiary alicyclic amines) is 1. The number of amides is 3. The number of benzene rings is 1. The Labute approximate surface area is 147 Å². The zero-order valence-corrected chi connectivity index (χ0v) is 14.2. The SMILES string of the molecule is O=C(NC[C@@H]1CC(=O)N(C2CC2)C1)N[C@H](c1ccc(F)cc1)C1CC1. The lowest BCUT2D eigenvalue weighted by Crippen LogP contribution is -2.41. The second-order valence-electron chi connectivity index (χ2n) is 7.57. The number of urea groups is 1. The fourth-order valence-electron chi connectivity index (χ4n) is 3.69. The molecule has 1 heterocycles. The molecule has 2 saturated carbocycles. The van der Waals surface area contributed by atoms with Crippen LogP contribution in [0.15, 0.2) is 24.3 Å². The molecule has 0 spiro atoms. The van der Waals surface area contributed by atoms with Gasteiger partial charge in [0.25, 0.3) is 0 Å². The van der Waals surface area contributed by atoms with Crippen LogP contribution in [0.2, 0.25) is 0 Å². The average Bonchev–Trinajstić information content (AvgIpc) is 3.51. The lowest BCUT2D eigenvalue weighted by Gasteiger charge is -2.20.